The zero-order valence-corrected chi connectivity index (χ0v) is 21.2. The van der Waals surface area contributed by atoms with Crippen molar-refractivity contribution in [1.82, 2.24) is 10.2 Å². The Balaban J connectivity index is 2.44. The fourth-order valence-electron chi connectivity index (χ4n) is 2.99. The lowest BCUT2D eigenvalue weighted by molar-refractivity contribution is -0.139. The first-order valence-corrected chi connectivity index (χ1v) is 12.8. The zero-order chi connectivity index (χ0) is 24.9. The summed E-state index contributed by atoms with van der Waals surface area (Å²) in [7, 11) is -3.98. The van der Waals surface area contributed by atoms with E-state index in [-0.39, 0.29) is 27.3 Å². The van der Waals surface area contributed by atoms with E-state index in [0.717, 1.165) is 10.6 Å². The largest absolute Gasteiger partial charge is 0.355 e. The molecule has 12 heteroatoms. The van der Waals surface area contributed by atoms with Gasteiger partial charge in [0.2, 0.25) is 21.8 Å². The van der Waals surface area contributed by atoms with Gasteiger partial charge in [0.15, 0.2) is 0 Å². The number of sulfonamides is 1. The van der Waals surface area contributed by atoms with Crippen LogP contribution in [0.3, 0.4) is 0 Å². The van der Waals surface area contributed by atoms with Crippen molar-refractivity contribution in [3.05, 3.63) is 62.8 Å². The Morgan fingerprint density at radius 3 is 2.18 bits per heavy atom. The fourth-order valence-corrected chi connectivity index (χ4v) is 4.54. The highest BCUT2D eigenvalue weighted by Gasteiger charge is 2.31. The van der Waals surface area contributed by atoms with E-state index in [1.165, 1.54) is 48.2 Å². The molecule has 0 aliphatic rings. The van der Waals surface area contributed by atoms with E-state index in [1.807, 2.05) is 0 Å². The van der Waals surface area contributed by atoms with Gasteiger partial charge in [0.25, 0.3) is 0 Å². The van der Waals surface area contributed by atoms with Crippen LogP contribution in [0.25, 0.3) is 0 Å². The minimum atomic E-state index is -3.98. The molecule has 0 heterocycles. The molecule has 0 radical (unpaired) electrons. The van der Waals surface area contributed by atoms with Crippen molar-refractivity contribution in [3.63, 3.8) is 0 Å². The highest BCUT2D eigenvalue weighted by molar-refractivity contribution is 7.92. The number of carbonyl (C=O) groups excluding carboxylic acids is 2. The van der Waals surface area contributed by atoms with Gasteiger partial charge >= 0.3 is 0 Å². The second kappa shape index (κ2) is 11.4. The molecule has 180 valence electrons. The van der Waals surface area contributed by atoms with E-state index in [1.54, 1.807) is 6.92 Å². The number of benzene rings is 2. The number of hydrogen-bond acceptors (Lipinski definition) is 4. The maximum atomic E-state index is 13.3. The summed E-state index contributed by atoms with van der Waals surface area (Å²) in [6, 6.07) is 7.00. The standard InChI is InChI=1S/C21H23Cl3FN3O4S/c1-4-26-21(30)13(2)27(11-14-5-7-15(25)8-6-14)20(29)12-28(33(3,31)32)19-10-17(23)16(22)9-18(19)24/h5-10,13H,4,11-12H2,1-3H3,(H,26,30)/t13-/m1/s1. The monoisotopic (exact) mass is 537 g/mol. The lowest BCUT2D eigenvalue weighted by Crippen LogP contribution is -2.51. The van der Waals surface area contributed by atoms with Crippen LogP contribution >= 0.6 is 34.8 Å². The van der Waals surface area contributed by atoms with Gasteiger partial charge in [-0.25, -0.2) is 12.8 Å². The van der Waals surface area contributed by atoms with Gasteiger partial charge in [-0.3, -0.25) is 13.9 Å². The van der Waals surface area contributed by atoms with Gasteiger partial charge < -0.3 is 10.2 Å². The summed E-state index contributed by atoms with van der Waals surface area (Å²) >= 11 is 18.2. The quantitative estimate of drug-likeness (QED) is 0.487. The molecule has 1 N–H and O–H groups in total. The molecule has 7 nitrogen and oxygen atoms in total. The lowest BCUT2D eigenvalue weighted by Gasteiger charge is -2.31. The fraction of sp³-hybridized carbons (Fsp3) is 0.333. The normalized spacial score (nSPS) is 12.2. The molecule has 33 heavy (non-hydrogen) atoms. The maximum Gasteiger partial charge on any atom is 0.244 e. The molecule has 2 aromatic carbocycles. The lowest BCUT2D eigenvalue weighted by atomic mass is 10.1. The smallest absolute Gasteiger partial charge is 0.244 e. The molecule has 2 amide bonds. The number of rotatable bonds is 9. The number of likely N-dealkylation sites (N-methyl/N-ethyl adjacent to an activating group) is 1. The van der Waals surface area contributed by atoms with Gasteiger partial charge in [-0.15, -0.1) is 0 Å². The Kier molecular flexibility index (Phi) is 9.37. The topological polar surface area (TPSA) is 86.8 Å². The van der Waals surface area contributed by atoms with Crippen LogP contribution in [-0.4, -0.2) is 50.5 Å². The van der Waals surface area contributed by atoms with Crippen molar-refractivity contribution in [1.29, 1.82) is 0 Å². The molecular weight excluding hydrogens is 516 g/mol. The minimum Gasteiger partial charge on any atom is -0.355 e. The summed E-state index contributed by atoms with van der Waals surface area (Å²) in [6.07, 6.45) is 0.913. The molecule has 0 aliphatic heterocycles. The van der Waals surface area contributed by atoms with Gasteiger partial charge in [-0.1, -0.05) is 46.9 Å². The van der Waals surface area contributed by atoms with E-state index < -0.39 is 40.2 Å². The SMILES string of the molecule is CCNC(=O)[C@@H](C)N(Cc1ccc(F)cc1)C(=O)CN(c1cc(Cl)c(Cl)cc1Cl)S(C)(=O)=O. The third kappa shape index (κ3) is 7.20. The average molecular weight is 539 g/mol. The van der Waals surface area contributed by atoms with E-state index in [9.17, 15) is 22.4 Å². The molecule has 0 saturated carbocycles. The summed E-state index contributed by atoms with van der Waals surface area (Å²) in [6.45, 7) is 2.89. The van der Waals surface area contributed by atoms with Gasteiger partial charge in [0, 0.05) is 13.1 Å². The Bertz CT molecular complexity index is 1130. The average Bonchev–Trinajstić information content (AvgIpc) is 2.73. The van der Waals surface area contributed by atoms with Crippen LogP contribution in [0, 0.1) is 5.82 Å². The first-order chi connectivity index (χ1) is 15.3. The van der Waals surface area contributed by atoms with E-state index in [4.69, 9.17) is 34.8 Å². The second-order valence-electron chi connectivity index (χ2n) is 7.21. The van der Waals surface area contributed by atoms with Crippen molar-refractivity contribution in [3.8, 4) is 0 Å². The molecule has 2 aromatic rings. The molecule has 1 atom stereocenters. The molecular formula is C21H23Cl3FN3O4S. The van der Waals surface area contributed by atoms with E-state index >= 15 is 0 Å². The van der Waals surface area contributed by atoms with Gasteiger partial charge in [-0.05, 0) is 43.7 Å². The number of carbonyl (C=O) groups is 2. The molecule has 2 rings (SSSR count). The van der Waals surface area contributed by atoms with E-state index in [2.05, 4.69) is 5.32 Å². The number of amides is 2. The van der Waals surface area contributed by atoms with Crippen molar-refractivity contribution >= 4 is 62.3 Å². The van der Waals surface area contributed by atoms with Crippen molar-refractivity contribution in [2.45, 2.75) is 26.4 Å². The Morgan fingerprint density at radius 1 is 1.06 bits per heavy atom. The Hall–Kier alpha value is -2.07. The van der Waals surface area contributed by atoms with Crippen molar-refractivity contribution in [2.24, 2.45) is 0 Å². The third-order valence-corrected chi connectivity index (χ3v) is 6.87. The van der Waals surface area contributed by atoms with E-state index in [0.29, 0.717) is 12.1 Å². The predicted molar refractivity (Wildman–Crippen MR) is 129 cm³/mol. The summed E-state index contributed by atoms with van der Waals surface area (Å²) in [5.41, 5.74) is 0.522. The van der Waals surface area contributed by atoms with Crippen molar-refractivity contribution < 1.29 is 22.4 Å². The first-order valence-electron chi connectivity index (χ1n) is 9.79. The Morgan fingerprint density at radius 2 is 1.64 bits per heavy atom. The molecule has 0 bridgehead atoms. The zero-order valence-electron chi connectivity index (χ0n) is 18.1. The molecule has 0 aliphatic carbocycles. The first kappa shape index (κ1) is 27.2. The van der Waals surface area contributed by atoms with Crippen LogP contribution < -0.4 is 9.62 Å². The van der Waals surface area contributed by atoms with Crippen LogP contribution in [0.4, 0.5) is 10.1 Å². The number of hydrogen-bond donors (Lipinski definition) is 1. The van der Waals surface area contributed by atoms with Gasteiger partial charge in [0.05, 0.1) is 27.0 Å². The highest BCUT2D eigenvalue weighted by atomic mass is 35.5. The highest BCUT2D eigenvalue weighted by Crippen LogP contribution is 2.35. The Labute approximate surface area is 207 Å². The van der Waals surface area contributed by atoms with Crippen LogP contribution in [0.5, 0.6) is 0 Å². The minimum absolute atomic E-state index is 0.0236. The summed E-state index contributed by atoms with van der Waals surface area (Å²) in [5.74, 6) is -1.55. The maximum absolute atomic E-state index is 13.3. The second-order valence-corrected chi connectivity index (χ2v) is 10.3. The van der Waals surface area contributed by atoms with Gasteiger partial charge in [0.1, 0.15) is 18.4 Å². The molecule has 0 saturated heterocycles. The molecule has 0 spiro atoms. The number of nitrogens with one attached hydrogen (secondary N) is 1. The number of nitrogens with zero attached hydrogens (tertiary/aromatic N) is 2. The molecule has 0 aromatic heterocycles. The van der Waals surface area contributed by atoms with Crippen LogP contribution in [-0.2, 0) is 26.2 Å². The third-order valence-electron chi connectivity index (χ3n) is 4.72. The number of halogens is 4. The predicted octanol–water partition coefficient (Wildman–Crippen LogP) is 4.11. The number of anilines is 1. The van der Waals surface area contributed by atoms with Crippen LogP contribution in [0.2, 0.25) is 15.1 Å². The van der Waals surface area contributed by atoms with Crippen LogP contribution in [0.15, 0.2) is 36.4 Å². The van der Waals surface area contributed by atoms with Crippen LogP contribution in [0.1, 0.15) is 19.4 Å². The molecule has 0 unspecified atom stereocenters. The summed E-state index contributed by atoms with van der Waals surface area (Å²) in [4.78, 5) is 27.0. The van der Waals surface area contributed by atoms with Gasteiger partial charge in [-0.2, -0.15) is 0 Å². The van der Waals surface area contributed by atoms with Crippen molar-refractivity contribution in [2.75, 3.05) is 23.7 Å². The molecule has 0 fully saturated rings. The summed E-state index contributed by atoms with van der Waals surface area (Å²) in [5, 5.41) is 2.78. The summed E-state index contributed by atoms with van der Waals surface area (Å²) < 4.78 is 39.2.